The third-order valence-electron chi connectivity index (χ3n) is 4.88. The summed E-state index contributed by atoms with van der Waals surface area (Å²) in [6, 6.07) is 9.08. The van der Waals surface area contributed by atoms with Gasteiger partial charge in [-0.2, -0.15) is 0 Å². The summed E-state index contributed by atoms with van der Waals surface area (Å²) in [6.07, 6.45) is 6.19. The van der Waals surface area contributed by atoms with Crippen molar-refractivity contribution >= 4 is 5.97 Å². The number of benzene rings is 1. The number of hydrogen-bond donors (Lipinski definition) is 1. The van der Waals surface area contributed by atoms with E-state index in [0.29, 0.717) is 12.3 Å². The SMILES string of the molecule is O=C(O)CCC1CCN(Cc2cccc(C3CC3)c2)CC1. The number of hydrogen-bond acceptors (Lipinski definition) is 2. The average molecular weight is 287 g/mol. The van der Waals surface area contributed by atoms with Gasteiger partial charge in [-0.05, 0) is 68.2 Å². The summed E-state index contributed by atoms with van der Waals surface area (Å²) in [5, 5.41) is 8.76. The van der Waals surface area contributed by atoms with E-state index in [1.807, 2.05) is 0 Å². The molecule has 1 N–H and O–H groups in total. The van der Waals surface area contributed by atoms with Crippen molar-refractivity contribution < 1.29 is 9.90 Å². The van der Waals surface area contributed by atoms with Gasteiger partial charge in [-0.1, -0.05) is 24.3 Å². The van der Waals surface area contributed by atoms with E-state index in [1.54, 1.807) is 0 Å². The van der Waals surface area contributed by atoms with Crippen LogP contribution in [0.3, 0.4) is 0 Å². The topological polar surface area (TPSA) is 40.5 Å². The molecule has 21 heavy (non-hydrogen) atoms. The van der Waals surface area contributed by atoms with Gasteiger partial charge in [-0.25, -0.2) is 0 Å². The van der Waals surface area contributed by atoms with Crippen LogP contribution in [-0.4, -0.2) is 29.1 Å². The highest BCUT2D eigenvalue weighted by atomic mass is 16.4. The highest BCUT2D eigenvalue weighted by molar-refractivity contribution is 5.66. The highest BCUT2D eigenvalue weighted by Gasteiger charge is 2.24. The molecule has 3 nitrogen and oxygen atoms in total. The number of likely N-dealkylation sites (tertiary alicyclic amines) is 1. The number of carboxylic acid groups (broad SMARTS) is 1. The molecule has 1 saturated carbocycles. The van der Waals surface area contributed by atoms with E-state index >= 15 is 0 Å². The molecule has 0 amide bonds. The Morgan fingerprint density at radius 3 is 2.62 bits per heavy atom. The van der Waals surface area contributed by atoms with Crippen LogP contribution in [0.5, 0.6) is 0 Å². The Bertz CT molecular complexity index is 488. The maximum atomic E-state index is 10.6. The molecular weight excluding hydrogens is 262 g/mol. The highest BCUT2D eigenvalue weighted by Crippen LogP contribution is 2.40. The normalized spacial score (nSPS) is 20.6. The summed E-state index contributed by atoms with van der Waals surface area (Å²) in [7, 11) is 0. The summed E-state index contributed by atoms with van der Waals surface area (Å²) >= 11 is 0. The Kier molecular flexibility index (Phi) is 4.59. The van der Waals surface area contributed by atoms with Crippen LogP contribution in [0, 0.1) is 5.92 Å². The maximum Gasteiger partial charge on any atom is 0.303 e. The van der Waals surface area contributed by atoms with Gasteiger partial charge in [-0.3, -0.25) is 9.69 Å². The third kappa shape index (κ3) is 4.31. The first kappa shape index (κ1) is 14.6. The van der Waals surface area contributed by atoms with Crippen molar-refractivity contribution in [2.24, 2.45) is 5.92 Å². The van der Waals surface area contributed by atoms with Crippen molar-refractivity contribution in [3.8, 4) is 0 Å². The predicted molar refractivity (Wildman–Crippen MR) is 83.3 cm³/mol. The number of piperidine rings is 1. The first-order valence-electron chi connectivity index (χ1n) is 8.23. The van der Waals surface area contributed by atoms with Crippen molar-refractivity contribution in [2.75, 3.05) is 13.1 Å². The maximum absolute atomic E-state index is 10.6. The van der Waals surface area contributed by atoms with Gasteiger partial charge in [0.15, 0.2) is 0 Å². The number of carboxylic acids is 1. The molecular formula is C18H25NO2. The van der Waals surface area contributed by atoms with E-state index in [-0.39, 0.29) is 0 Å². The molecule has 0 atom stereocenters. The number of rotatable bonds is 6. The second-order valence-corrected chi connectivity index (χ2v) is 6.67. The van der Waals surface area contributed by atoms with E-state index < -0.39 is 5.97 Å². The standard InChI is InChI=1S/C18H25NO2/c20-18(21)7-4-14-8-10-19(11-9-14)13-15-2-1-3-17(12-15)16-5-6-16/h1-3,12,14,16H,4-11,13H2,(H,20,21). The van der Waals surface area contributed by atoms with E-state index in [9.17, 15) is 4.79 Å². The predicted octanol–water partition coefficient (Wildman–Crippen LogP) is 3.64. The quantitative estimate of drug-likeness (QED) is 0.868. The van der Waals surface area contributed by atoms with E-state index in [0.717, 1.165) is 44.8 Å². The molecule has 1 aliphatic carbocycles. The second kappa shape index (κ2) is 6.61. The molecule has 114 valence electrons. The summed E-state index contributed by atoms with van der Waals surface area (Å²) in [5.74, 6) is 0.774. The largest absolute Gasteiger partial charge is 0.481 e. The Morgan fingerprint density at radius 2 is 1.95 bits per heavy atom. The Hall–Kier alpha value is -1.35. The summed E-state index contributed by atoms with van der Waals surface area (Å²) in [6.45, 7) is 3.27. The zero-order valence-corrected chi connectivity index (χ0v) is 12.6. The number of carbonyl (C=O) groups is 1. The van der Waals surface area contributed by atoms with E-state index in [4.69, 9.17) is 5.11 Å². The smallest absolute Gasteiger partial charge is 0.303 e. The van der Waals surface area contributed by atoms with Gasteiger partial charge >= 0.3 is 5.97 Å². The van der Waals surface area contributed by atoms with Gasteiger partial charge < -0.3 is 5.11 Å². The first-order chi connectivity index (χ1) is 10.2. The molecule has 1 aromatic rings. The third-order valence-corrected chi connectivity index (χ3v) is 4.88. The fourth-order valence-corrected chi connectivity index (χ4v) is 3.38. The Balaban J connectivity index is 1.46. The van der Waals surface area contributed by atoms with Gasteiger partial charge in [-0.15, -0.1) is 0 Å². The van der Waals surface area contributed by atoms with Crippen molar-refractivity contribution in [3.63, 3.8) is 0 Å². The Morgan fingerprint density at radius 1 is 1.19 bits per heavy atom. The van der Waals surface area contributed by atoms with Crippen molar-refractivity contribution in [3.05, 3.63) is 35.4 Å². The molecule has 1 aromatic carbocycles. The molecule has 0 radical (unpaired) electrons. The minimum Gasteiger partial charge on any atom is -0.481 e. The van der Waals surface area contributed by atoms with Crippen LogP contribution in [0.25, 0.3) is 0 Å². The Labute approximate surface area is 127 Å². The average Bonchev–Trinajstić information content (AvgIpc) is 3.31. The molecule has 0 bridgehead atoms. The molecule has 2 fully saturated rings. The lowest BCUT2D eigenvalue weighted by Crippen LogP contribution is -2.33. The summed E-state index contributed by atoms with van der Waals surface area (Å²) < 4.78 is 0. The van der Waals surface area contributed by atoms with Gasteiger partial charge in [0.1, 0.15) is 0 Å². The zero-order chi connectivity index (χ0) is 14.7. The summed E-state index contributed by atoms with van der Waals surface area (Å²) in [4.78, 5) is 13.1. The molecule has 0 aromatic heterocycles. The molecule has 0 unspecified atom stereocenters. The summed E-state index contributed by atoms with van der Waals surface area (Å²) in [5.41, 5.74) is 2.95. The van der Waals surface area contributed by atoms with Gasteiger partial charge in [0.2, 0.25) is 0 Å². The molecule has 0 spiro atoms. The molecule has 2 aliphatic rings. The fourth-order valence-electron chi connectivity index (χ4n) is 3.38. The van der Waals surface area contributed by atoms with Crippen molar-refractivity contribution in [1.29, 1.82) is 0 Å². The lowest BCUT2D eigenvalue weighted by molar-refractivity contribution is -0.137. The number of aliphatic carboxylic acids is 1. The van der Waals surface area contributed by atoms with Crippen molar-refractivity contribution in [1.82, 2.24) is 4.90 Å². The fraction of sp³-hybridized carbons (Fsp3) is 0.611. The van der Waals surface area contributed by atoms with Gasteiger partial charge in [0.25, 0.3) is 0 Å². The van der Waals surface area contributed by atoms with Crippen LogP contribution in [0.1, 0.15) is 55.6 Å². The molecule has 1 heterocycles. The van der Waals surface area contributed by atoms with E-state index in [2.05, 4.69) is 29.2 Å². The lowest BCUT2D eigenvalue weighted by Gasteiger charge is -2.31. The minimum atomic E-state index is -0.658. The van der Waals surface area contributed by atoms with Crippen molar-refractivity contribution in [2.45, 2.75) is 51.0 Å². The van der Waals surface area contributed by atoms with Gasteiger partial charge in [0.05, 0.1) is 0 Å². The van der Waals surface area contributed by atoms with Crippen LogP contribution < -0.4 is 0 Å². The molecule has 1 saturated heterocycles. The first-order valence-corrected chi connectivity index (χ1v) is 8.23. The molecule has 3 rings (SSSR count). The second-order valence-electron chi connectivity index (χ2n) is 6.67. The molecule has 1 aliphatic heterocycles. The van der Waals surface area contributed by atoms with Crippen LogP contribution in [0.4, 0.5) is 0 Å². The van der Waals surface area contributed by atoms with Gasteiger partial charge in [0, 0.05) is 13.0 Å². The number of nitrogens with zero attached hydrogens (tertiary/aromatic N) is 1. The minimum absolute atomic E-state index is 0.327. The molecule has 3 heteroatoms. The lowest BCUT2D eigenvalue weighted by atomic mass is 9.92. The van der Waals surface area contributed by atoms with E-state index in [1.165, 1.54) is 24.0 Å². The van der Waals surface area contributed by atoms with Crippen LogP contribution >= 0.6 is 0 Å². The van der Waals surface area contributed by atoms with Crippen LogP contribution in [0.2, 0.25) is 0 Å². The van der Waals surface area contributed by atoms with Crippen LogP contribution in [0.15, 0.2) is 24.3 Å². The zero-order valence-electron chi connectivity index (χ0n) is 12.6. The van der Waals surface area contributed by atoms with Crippen LogP contribution in [-0.2, 0) is 11.3 Å². The monoisotopic (exact) mass is 287 g/mol.